The Morgan fingerprint density at radius 2 is 1.73 bits per heavy atom. The Hall–Kier alpha value is -3.08. The Kier molecular flexibility index (Phi) is 4.21. The molecule has 0 aliphatic carbocycles. The van der Waals surface area contributed by atoms with Gasteiger partial charge in [-0.15, -0.1) is 0 Å². The summed E-state index contributed by atoms with van der Waals surface area (Å²) in [7, 11) is 0. The molecule has 5 nitrogen and oxygen atoms in total. The van der Waals surface area contributed by atoms with Gasteiger partial charge in [0.1, 0.15) is 11.3 Å². The summed E-state index contributed by atoms with van der Waals surface area (Å²) in [5, 5.41) is 1.09. The molecule has 4 aromatic rings. The van der Waals surface area contributed by atoms with E-state index in [-0.39, 0.29) is 0 Å². The average Bonchev–Trinajstić information content (AvgIpc) is 3.01. The quantitative estimate of drug-likeness (QED) is 0.533. The van der Waals surface area contributed by atoms with Gasteiger partial charge in [-0.3, -0.25) is 0 Å². The first kappa shape index (κ1) is 16.4. The number of pyridine rings is 1. The van der Waals surface area contributed by atoms with Crippen LogP contribution in [0.25, 0.3) is 21.9 Å². The van der Waals surface area contributed by atoms with E-state index < -0.39 is 0 Å². The molecule has 0 unspecified atom stereocenters. The van der Waals surface area contributed by atoms with Crippen molar-refractivity contribution in [1.82, 2.24) is 14.5 Å². The molecular formula is C21H23N5. The lowest BCUT2D eigenvalue weighted by Gasteiger charge is -2.11. The molecule has 0 saturated carbocycles. The fourth-order valence-electron chi connectivity index (χ4n) is 3.41. The van der Waals surface area contributed by atoms with Crippen LogP contribution in [0, 0.1) is 0 Å². The number of nitrogen functional groups attached to an aromatic ring is 2. The first-order valence-electron chi connectivity index (χ1n) is 9.05. The number of aromatic nitrogens is 3. The molecule has 0 aliphatic rings. The Bertz CT molecular complexity index is 1060. The van der Waals surface area contributed by atoms with E-state index in [1.54, 1.807) is 0 Å². The SMILES string of the molecule is CCCCc1nc2c(N)nc3ccccc3c2n1Cc1ccc(N)cc1. The van der Waals surface area contributed by atoms with Crippen molar-refractivity contribution in [2.45, 2.75) is 32.7 Å². The van der Waals surface area contributed by atoms with Crippen LogP contribution in [0.1, 0.15) is 31.2 Å². The highest BCUT2D eigenvalue weighted by Crippen LogP contribution is 2.30. The summed E-state index contributed by atoms with van der Waals surface area (Å²) in [6.07, 6.45) is 3.14. The van der Waals surface area contributed by atoms with Crippen LogP contribution in [-0.4, -0.2) is 14.5 Å². The Labute approximate surface area is 152 Å². The number of nitrogens with two attached hydrogens (primary N) is 2. The number of imidazole rings is 1. The fourth-order valence-corrected chi connectivity index (χ4v) is 3.41. The highest BCUT2D eigenvalue weighted by Gasteiger charge is 2.17. The molecule has 0 aliphatic heterocycles. The summed E-state index contributed by atoms with van der Waals surface area (Å²) in [5.41, 5.74) is 16.8. The van der Waals surface area contributed by atoms with Gasteiger partial charge in [0.25, 0.3) is 0 Å². The fraction of sp³-hybridized carbons (Fsp3) is 0.238. The van der Waals surface area contributed by atoms with Crippen LogP contribution in [0.5, 0.6) is 0 Å². The van der Waals surface area contributed by atoms with Gasteiger partial charge >= 0.3 is 0 Å². The Morgan fingerprint density at radius 1 is 0.962 bits per heavy atom. The van der Waals surface area contributed by atoms with Crippen LogP contribution in [0.4, 0.5) is 11.5 Å². The van der Waals surface area contributed by atoms with Crippen molar-refractivity contribution < 1.29 is 0 Å². The van der Waals surface area contributed by atoms with Crippen LogP contribution in [0.2, 0.25) is 0 Å². The predicted octanol–water partition coefficient (Wildman–Crippen LogP) is 4.14. The van der Waals surface area contributed by atoms with E-state index in [0.29, 0.717) is 5.82 Å². The van der Waals surface area contributed by atoms with E-state index in [4.69, 9.17) is 16.5 Å². The number of unbranched alkanes of at least 4 members (excludes halogenated alkanes) is 1. The number of anilines is 2. The maximum Gasteiger partial charge on any atom is 0.152 e. The zero-order valence-electron chi connectivity index (χ0n) is 14.9. The van der Waals surface area contributed by atoms with E-state index >= 15 is 0 Å². The smallest absolute Gasteiger partial charge is 0.152 e. The first-order chi connectivity index (χ1) is 12.7. The molecule has 26 heavy (non-hydrogen) atoms. The van der Waals surface area contributed by atoms with Crippen LogP contribution in [-0.2, 0) is 13.0 Å². The third-order valence-electron chi connectivity index (χ3n) is 4.76. The van der Waals surface area contributed by atoms with E-state index in [2.05, 4.69) is 34.7 Å². The first-order valence-corrected chi connectivity index (χ1v) is 9.05. The largest absolute Gasteiger partial charge is 0.399 e. The highest BCUT2D eigenvalue weighted by atomic mass is 15.1. The van der Waals surface area contributed by atoms with Gasteiger partial charge in [0.2, 0.25) is 0 Å². The van der Waals surface area contributed by atoms with Gasteiger partial charge in [0, 0.05) is 24.0 Å². The second-order valence-corrected chi connectivity index (χ2v) is 6.67. The van der Waals surface area contributed by atoms with Gasteiger partial charge in [0.15, 0.2) is 5.82 Å². The van der Waals surface area contributed by atoms with Crippen molar-refractivity contribution in [1.29, 1.82) is 0 Å². The minimum Gasteiger partial charge on any atom is -0.399 e. The van der Waals surface area contributed by atoms with Crippen molar-refractivity contribution in [2.24, 2.45) is 0 Å². The van der Waals surface area contributed by atoms with Gasteiger partial charge < -0.3 is 16.0 Å². The molecule has 4 N–H and O–H groups in total. The molecule has 2 aromatic carbocycles. The monoisotopic (exact) mass is 345 g/mol. The van der Waals surface area contributed by atoms with Crippen LogP contribution in [0.15, 0.2) is 48.5 Å². The number of hydrogen-bond donors (Lipinski definition) is 2. The van der Waals surface area contributed by atoms with Crippen LogP contribution in [0.3, 0.4) is 0 Å². The van der Waals surface area contributed by atoms with E-state index in [1.807, 2.05) is 30.3 Å². The van der Waals surface area contributed by atoms with Crippen molar-refractivity contribution in [2.75, 3.05) is 11.5 Å². The summed E-state index contributed by atoms with van der Waals surface area (Å²) in [6.45, 7) is 2.93. The molecule has 0 amide bonds. The summed E-state index contributed by atoms with van der Waals surface area (Å²) in [6, 6.07) is 16.1. The molecule has 0 radical (unpaired) electrons. The lowest BCUT2D eigenvalue weighted by Crippen LogP contribution is -2.06. The molecule has 2 aromatic heterocycles. The molecule has 0 saturated heterocycles. The minimum atomic E-state index is 0.493. The van der Waals surface area contributed by atoms with Gasteiger partial charge in [-0.2, -0.15) is 0 Å². The second-order valence-electron chi connectivity index (χ2n) is 6.67. The number of hydrogen-bond acceptors (Lipinski definition) is 4. The topological polar surface area (TPSA) is 82.8 Å². The van der Waals surface area contributed by atoms with Crippen molar-refractivity contribution in [3.8, 4) is 0 Å². The second kappa shape index (κ2) is 6.67. The number of fused-ring (bicyclic) bond motifs is 3. The predicted molar refractivity (Wildman–Crippen MR) is 108 cm³/mol. The molecule has 5 heteroatoms. The van der Waals surface area contributed by atoms with Crippen LogP contribution >= 0.6 is 0 Å². The maximum atomic E-state index is 6.24. The average molecular weight is 345 g/mol. The van der Waals surface area contributed by atoms with E-state index in [0.717, 1.165) is 59.3 Å². The molecular weight excluding hydrogens is 322 g/mol. The highest BCUT2D eigenvalue weighted by molar-refractivity contribution is 6.06. The molecule has 2 heterocycles. The standard InChI is InChI=1S/C21H23N5/c1-2-3-8-18-25-19-20(16-6-4-5-7-17(16)24-21(19)23)26(18)13-14-9-11-15(22)12-10-14/h4-7,9-12H,2-3,8,13,22H2,1H3,(H2,23,24). The van der Waals surface area contributed by atoms with Gasteiger partial charge in [0.05, 0.1) is 11.0 Å². The Balaban J connectivity index is 1.95. The Morgan fingerprint density at radius 3 is 2.50 bits per heavy atom. The normalized spacial score (nSPS) is 11.4. The third-order valence-corrected chi connectivity index (χ3v) is 4.76. The van der Waals surface area contributed by atoms with Crippen molar-refractivity contribution in [3.05, 3.63) is 59.9 Å². The molecule has 0 fully saturated rings. The number of benzene rings is 2. The summed E-state index contributed by atoms with van der Waals surface area (Å²) >= 11 is 0. The molecule has 4 rings (SSSR count). The van der Waals surface area contributed by atoms with E-state index in [9.17, 15) is 0 Å². The van der Waals surface area contributed by atoms with Gasteiger partial charge in [-0.1, -0.05) is 43.7 Å². The molecule has 0 atom stereocenters. The molecule has 132 valence electrons. The lowest BCUT2D eigenvalue weighted by molar-refractivity contribution is 0.691. The zero-order chi connectivity index (χ0) is 18.1. The van der Waals surface area contributed by atoms with Crippen molar-refractivity contribution >= 4 is 33.4 Å². The molecule has 0 spiro atoms. The van der Waals surface area contributed by atoms with Crippen molar-refractivity contribution in [3.63, 3.8) is 0 Å². The zero-order valence-corrected chi connectivity index (χ0v) is 14.9. The third kappa shape index (κ3) is 2.86. The van der Waals surface area contributed by atoms with Crippen LogP contribution < -0.4 is 11.5 Å². The summed E-state index contributed by atoms with van der Waals surface area (Å²) < 4.78 is 2.29. The maximum absolute atomic E-state index is 6.24. The number of rotatable bonds is 5. The number of nitrogens with zero attached hydrogens (tertiary/aromatic N) is 3. The number of para-hydroxylation sites is 1. The summed E-state index contributed by atoms with van der Waals surface area (Å²) in [5.74, 6) is 1.55. The minimum absolute atomic E-state index is 0.493. The summed E-state index contributed by atoms with van der Waals surface area (Å²) in [4.78, 5) is 9.41. The lowest BCUT2D eigenvalue weighted by atomic mass is 10.1. The van der Waals surface area contributed by atoms with E-state index in [1.165, 1.54) is 5.56 Å². The number of aryl methyl sites for hydroxylation is 1. The van der Waals surface area contributed by atoms with Gasteiger partial charge in [-0.25, -0.2) is 9.97 Å². The van der Waals surface area contributed by atoms with Gasteiger partial charge in [-0.05, 0) is 30.2 Å². The molecule has 0 bridgehead atoms.